The van der Waals surface area contributed by atoms with Crippen LogP contribution in [0.2, 0.25) is 0 Å². The van der Waals surface area contributed by atoms with Crippen LogP contribution in [0.5, 0.6) is 0 Å². The maximum atomic E-state index is 6.53. The summed E-state index contributed by atoms with van der Waals surface area (Å²) in [7, 11) is 0. The maximum Gasteiger partial charge on any atom is 0.252 e. The average Bonchev–Trinajstić information content (AvgIpc) is 3.28. The quantitative estimate of drug-likeness (QED) is 0.155. The number of benzene rings is 11. The Morgan fingerprint density at radius 2 is 0.823 bits per heavy atom. The van der Waals surface area contributed by atoms with Crippen LogP contribution in [0.4, 0.5) is 34.1 Å². The van der Waals surface area contributed by atoms with Crippen molar-refractivity contribution in [3.8, 4) is 44.5 Å². The average molecular weight is 1020 g/mol. The molecule has 0 saturated heterocycles. The van der Waals surface area contributed by atoms with Crippen LogP contribution in [0.15, 0.2) is 245 Å². The van der Waals surface area contributed by atoms with E-state index < -0.39 is 0 Å². The van der Waals surface area contributed by atoms with Crippen molar-refractivity contribution in [1.29, 1.82) is 0 Å². The molecule has 0 radical (unpaired) electrons. The molecule has 5 heteroatoms. The van der Waals surface area contributed by atoms with Gasteiger partial charge in [0.25, 0.3) is 6.71 Å². The van der Waals surface area contributed by atoms with Crippen LogP contribution in [-0.2, 0) is 10.8 Å². The van der Waals surface area contributed by atoms with Crippen molar-refractivity contribution in [2.24, 2.45) is 0 Å². The van der Waals surface area contributed by atoms with Crippen molar-refractivity contribution in [2.75, 3.05) is 9.80 Å². The maximum absolute atomic E-state index is 6.53. The second-order valence-electron chi connectivity index (χ2n) is 23.6. The van der Waals surface area contributed by atoms with E-state index in [1.807, 2.05) is 6.07 Å². The fourth-order valence-corrected chi connectivity index (χ4v) is 12.8. The highest BCUT2D eigenvalue weighted by molar-refractivity contribution is 7.00. The summed E-state index contributed by atoms with van der Waals surface area (Å²) in [5.41, 5.74) is 25.9. The number of nitrogens with zero attached hydrogens (tertiary/aromatic N) is 2. The Kier molecular flexibility index (Phi) is 10.5. The Hall–Kier alpha value is -9.32. The smallest absolute Gasteiger partial charge is 0.252 e. The molecule has 4 heterocycles. The van der Waals surface area contributed by atoms with Gasteiger partial charge in [0, 0.05) is 55.5 Å². The zero-order valence-electron chi connectivity index (χ0n) is 45.3. The summed E-state index contributed by atoms with van der Waals surface area (Å²) < 4.78 is 12.9. The van der Waals surface area contributed by atoms with E-state index in [2.05, 4.69) is 282 Å². The third-order valence-corrected chi connectivity index (χ3v) is 16.8. The molecule has 0 spiro atoms. The minimum atomic E-state index is -0.197. The molecule has 13 aromatic rings. The van der Waals surface area contributed by atoms with Gasteiger partial charge in [0.05, 0.1) is 5.69 Å². The van der Waals surface area contributed by atoms with E-state index in [0.717, 1.165) is 83.2 Å². The minimum Gasteiger partial charge on any atom is -0.456 e. The van der Waals surface area contributed by atoms with Gasteiger partial charge in [0.1, 0.15) is 22.3 Å². The normalized spacial score (nSPS) is 13.1. The Balaban J connectivity index is 1.02. The van der Waals surface area contributed by atoms with Gasteiger partial charge in [0.15, 0.2) is 0 Å². The van der Waals surface area contributed by atoms with Gasteiger partial charge >= 0.3 is 0 Å². The Morgan fingerprint density at radius 3 is 1.46 bits per heavy atom. The highest BCUT2D eigenvalue weighted by Gasteiger charge is 2.45. The molecule has 378 valence electrons. The fraction of sp³-hybridized carbons (Fsp3) is 0.108. The van der Waals surface area contributed by atoms with E-state index in [0.29, 0.717) is 0 Å². The Bertz CT molecular complexity index is 4570. The van der Waals surface area contributed by atoms with Crippen molar-refractivity contribution in [1.82, 2.24) is 0 Å². The first-order valence-electron chi connectivity index (χ1n) is 27.7. The van der Waals surface area contributed by atoms with Crippen LogP contribution in [0.25, 0.3) is 88.4 Å². The van der Waals surface area contributed by atoms with Crippen LogP contribution >= 0.6 is 0 Å². The van der Waals surface area contributed by atoms with Crippen LogP contribution in [0.3, 0.4) is 0 Å². The van der Waals surface area contributed by atoms with Gasteiger partial charge in [-0.05, 0) is 150 Å². The van der Waals surface area contributed by atoms with Gasteiger partial charge in [0.2, 0.25) is 0 Å². The summed E-state index contributed by atoms with van der Waals surface area (Å²) in [6, 6.07) is 87.4. The lowest BCUT2D eigenvalue weighted by atomic mass is 9.33. The topological polar surface area (TPSA) is 32.8 Å². The molecule has 2 aromatic heterocycles. The van der Waals surface area contributed by atoms with Crippen molar-refractivity contribution in [3.63, 3.8) is 0 Å². The molecule has 0 amide bonds. The van der Waals surface area contributed by atoms with Gasteiger partial charge in [-0.2, -0.15) is 0 Å². The number of rotatable bonds is 6. The van der Waals surface area contributed by atoms with Crippen molar-refractivity contribution in [3.05, 3.63) is 248 Å². The summed E-state index contributed by atoms with van der Waals surface area (Å²) in [5.74, 6) is 0. The molecule has 11 aromatic carbocycles. The van der Waals surface area contributed by atoms with Gasteiger partial charge in [-0.25, -0.2) is 0 Å². The van der Waals surface area contributed by atoms with Gasteiger partial charge in [-0.3, -0.25) is 0 Å². The van der Waals surface area contributed by atoms with Crippen LogP contribution < -0.4 is 26.2 Å². The molecule has 0 atom stereocenters. The fourth-order valence-electron chi connectivity index (χ4n) is 12.8. The molecule has 79 heavy (non-hydrogen) atoms. The zero-order valence-corrected chi connectivity index (χ0v) is 45.3. The van der Waals surface area contributed by atoms with Crippen molar-refractivity contribution >= 4 is 101 Å². The summed E-state index contributed by atoms with van der Waals surface area (Å²) >= 11 is 0. The molecule has 2 aliphatic heterocycles. The third-order valence-electron chi connectivity index (χ3n) is 16.8. The molecule has 0 bridgehead atoms. The first kappa shape index (κ1) is 46.9. The molecule has 0 saturated carbocycles. The number of anilines is 6. The van der Waals surface area contributed by atoms with E-state index >= 15 is 0 Å². The number of hydrogen-bond donors (Lipinski definition) is 0. The summed E-state index contributed by atoms with van der Waals surface area (Å²) in [5, 5.41) is 4.51. The number of furan rings is 2. The minimum absolute atomic E-state index is 0.109. The molecule has 15 rings (SSSR count). The molecule has 0 N–H and O–H groups in total. The lowest BCUT2D eigenvalue weighted by molar-refractivity contribution is 0.590. The standard InChI is InChI=1S/C74H57BN2O2/c1-73(2,3)51-35-38-59-63(43-51)77(61-39-33-49(46-19-9-7-10-20-46)41-58(61)47-21-11-8-12-22-47)65-45-52(74(4,5)6)44-64-72(65)75(59)60-42-50(55-26-18-30-69-71(55)57-24-14-16-28-67(57)79-69)34-40-62(60)76(64)53-36-31-48(32-37-53)54-25-17-29-68-70(54)56-23-13-15-27-66(56)78-68/h7-45H,1-6H3. The van der Waals surface area contributed by atoms with Gasteiger partial charge < -0.3 is 18.6 Å². The molecular weight excluding hydrogens is 960 g/mol. The second-order valence-corrected chi connectivity index (χ2v) is 23.6. The number of para-hydroxylation sites is 2. The lowest BCUT2D eigenvalue weighted by Gasteiger charge is -2.46. The number of hydrogen-bond acceptors (Lipinski definition) is 4. The molecule has 0 unspecified atom stereocenters. The first-order valence-corrected chi connectivity index (χ1v) is 27.7. The number of fused-ring (bicyclic) bond motifs is 10. The van der Waals surface area contributed by atoms with Gasteiger partial charge in [-0.15, -0.1) is 0 Å². The SMILES string of the molecule is CC(C)(C)c1ccc2c(c1)N(c1ccc(-c3ccccc3)cc1-c1ccccc1)c1cc(C(C)(C)C)cc3c1B2c1cc(-c2cccc4oc5ccccc5c24)ccc1N3c1ccc(-c2cccc3oc4ccccc4c23)cc1. The summed E-state index contributed by atoms with van der Waals surface area (Å²) in [4.78, 5) is 5.18. The van der Waals surface area contributed by atoms with Crippen LogP contribution in [0.1, 0.15) is 52.7 Å². The lowest BCUT2D eigenvalue weighted by Crippen LogP contribution is -2.61. The Labute approximate surface area is 461 Å². The van der Waals surface area contributed by atoms with E-state index in [-0.39, 0.29) is 17.5 Å². The van der Waals surface area contributed by atoms with Crippen molar-refractivity contribution < 1.29 is 8.83 Å². The zero-order chi connectivity index (χ0) is 53.3. The Morgan fingerprint density at radius 1 is 0.316 bits per heavy atom. The largest absolute Gasteiger partial charge is 0.456 e. The molecule has 0 aliphatic carbocycles. The van der Waals surface area contributed by atoms with Crippen LogP contribution in [-0.4, -0.2) is 6.71 Å². The van der Waals surface area contributed by atoms with E-state index in [1.54, 1.807) is 0 Å². The first-order chi connectivity index (χ1) is 38.4. The monoisotopic (exact) mass is 1020 g/mol. The highest BCUT2D eigenvalue weighted by Crippen LogP contribution is 2.50. The van der Waals surface area contributed by atoms with Gasteiger partial charge in [-0.1, -0.05) is 205 Å². The van der Waals surface area contributed by atoms with E-state index in [1.165, 1.54) is 66.8 Å². The van der Waals surface area contributed by atoms with E-state index in [4.69, 9.17) is 8.83 Å². The molecular formula is C74H57BN2O2. The van der Waals surface area contributed by atoms with E-state index in [9.17, 15) is 0 Å². The molecule has 4 nitrogen and oxygen atoms in total. The molecule has 2 aliphatic rings. The highest BCUT2D eigenvalue weighted by atomic mass is 16.3. The summed E-state index contributed by atoms with van der Waals surface area (Å²) in [6.07, 6.45) is 0. The third kappa shape index (κ3) is 7.51. The second kappa shape index (κ2) is 17.6. The predicted molar refractivity (Wildman–Crippen MR) is 334 cm³/mol. The van der Waals surface area contributed by atoms with Crippen LogP contribution in [0, 0.1) is 0 Å². The molecule has 0 fully saturated rings. The van der Waals surface area contributed by atoms with Crippen molar-refractivity contribution in [2.45, 2.75) is 52.4 Å². The predicted octanol–water partition coefficient (Wildman–Crippen LogP) is 18.8. The summed E-state index contributed by atoms with van der Waals surface area (Å²) in [6.45, 7) is 13.9.